The lowest BCUT2D eigenvalue weighted by Gasteiger charge is -2.11. The Morgan fingerprint density at radius 1 is 1.38 bits per heavy atom. The van der Waals surface area contributed by atoms with Crippen molar-refractivity contribution in [2.75, 3.05) is 13.2 Å². The second-order valence-electron chi connectivity index (χ2n) is 3.77. The van der Waals surface area contributed by atoms with E-state index in [-0.39, 0.29) is 12.1 Å². The van der Waals surface area contributed by atoms with E-state index in [9.17, 15) is 4.79 Å². The third-order valence-electron chi connectivity index (χ3n) is 2.50. The van der Waals surface area contributed by atoms with Gasteiger partial charge in [-0.15, -0.1) is 0 Å². The van der Waals surface area contributed by atoms with Crippen LogP contribution in [0.1, 0.15) is 24.6 Å². The van der Waals surface area contributed by atoms with Gasteiger partial charge in [0.15, 0.2) is 0 Å². The third-order valence-corrected chi connectivity index (χ3v) is 2.50. The number of hydrogen-bond acceptors (Lipinski definition) is 3. The van der Waals surface area contributed by atoms with E-state index in [1.165, 1.54) is 0 Å². The molecule has 0 aliphatic heterocycles. The van der Waals surface area contributed by atoms with Gasteiger partial charge in [-0.25, -0.2) is 0 Å². The van der Waals surface area contributed by atoms with Gasteiger partial charge in [0.2, 0.25) is 0 Å². The zero-order valence-electron chi connectivity index (χ0n) is 10.0. The highest BCUT2D eigenvalue weighted by Gasteiger charge is 2.04. The van der Waals surface area contributed by atoms with E-state index in [0.29, 0.717) is 18.7 Å². The Labute approximate surface area is 96.0 Å². The van der Waals surface area contributed by atoms with Gasteiger partial charge in [0.25, 0.3) is 5.56 Å². The molecule has 0 unspecified atom stereocenters. The molecule has 4 nitrogen and oxygen atoms in total. The SMILES string of the molecule is CCCOCCn1c(C)ccc(CN)c1=O. The Bertz CT molecular complexity index is 385. The van der Waals surface area contributed by atoms with Crippen molar-refractivity contribution in [3.63, 3.8) is 0 Å². The number of hydrogen-bond donors (Lipinski definition) is 1. The highest BCUT2D eigenvalue weighted by atomic mass is 16.5. The summed E-state index contributed by atoms with van der Waals surface area (Å²) in [5.74, 6) is 0. The summed E-state index contributed by atoms with van der Waals surface area (Å²) in [7, 11) is 0. The fourth-order valence-corrected chi connectivity index (χ4v) is 1.55. The normalized spacial score (nSPS) is 10.7. The highest BCUT2D eigenvalue weighted by Crippen LogP contribution is 1.98. The van der Waals surface area contributed by atoms with Crippen LogP contribution in [0.25, 0.3) is 0 Å². The average Bonchev–Trinajstić information content (AvgIpc) is 2.28. The van der Waals surface area contributed by atoms with Gasteiger partial charge in [0.1, 0.15) is 0 Å². The molecule has 1 aromatic heterocycles. The monoisotopic (exact) mass is 224 g/mol. The average molecular weight is 224 g/mol. The number of aryl methyl sites for hydroxylation is 1. The molecule has 90 valence electrons. The van der Waals surface area contributed by atoms with Crippen molar-refractivity contribution in [2.45, 2.75) is 33.4 Å². The van der Waals surface area contributed by atoms with Crippen molar-refractivity contribution in [2.24, 2.45) is 5.73 Å². The molecular weight excluding hydrogens is 204 g/mol. The molecule has 0 amide bonds. The van der Waals surface area contributed by atoms with Crippen LogP contribution in [0.15, 0.2) is 16.9 Å². The number of nitrogens with zero attached hydrogens (tertiary/aromatic N) is 1. The molecule has 0 spiro atoms. The third kappa shape index (κ3) is 3.18. The summed E-state index contributed by atoms with van der Waals surface area (Å²) in [4.78, 5) is 11.9. The highest BCUT2D eigenvalue weighted by molar-refractivity contribution is 5.15. The van der Waals surface area contributed by atoms with Crippen molar-refractivity contribution >= 4 is 0 Å². The first kappa shape index (κ1) is 12.9. The Hall–Kier alpha value is -1.13. The van der Waals surface area contributed by atoms with Crippen molar-refractivity contribution in [1.82, 2.24) is 4.57 Å². The zero-order chi connectivity index (χ0) is 12.0. The first-order valence-electron chi connectivity index (χ1n) is 5.67. The molecule has 16 heavy (non-hydrogen) atoms. The lowest BCUT2D eigenvalue weighted by Crippen LogP contribution is -2.28. The van der Waals surface area contributed by atoms with Crippen LogP contribution in [0, 0.1) is 6.92 Å². The molecule has 0 radical (unpaired) electrons. The van der Waals surface area contributed by atoms with Gasteiger partial charge in [0, 0.05) is 31.0 Å². The molecule has 0 saturated heterocycles. The van der Waals surface area contributed by atoms with Gasteiger partial charge in [-0.1, -0.05) is 13.0 Å². The van der Waals surface area contributed by atoms with E-state index in [0.717, 1.165) is 18.7 Å². The Kier molecular flexibility index (Phi) is 5.22. The van der Waals surface area contributed by atoms with Gasteiger partial charge >= 0.3 is 0 Å². The first-order valence-corrected chi connectivity index (χ1v) is 5.67. The van der Waals surface area contributed by atoms with Crippen LogP contribution in [-0.4, -0.2) is 17.8 Å². The molecule has 1 rings (SSSR count). The predicted octanol–water partition coefficient (Wildman–Crippen LogP) is 1.04. The largest absolute Gasteiger partial charge is 0.380 e. The molecule has 0 fully saturated rings. The summed E-state index contributed by atoms with van der Waals surface area (Å²) in [6.07, 6.45) is 0.997. The fraction of sp³-hybridized carbons (Fsp3) is 0.583. The fourth-order valence-electron chi connectivity index (χ4n) is 1.55. The van der Waals surface area contributed by atoms with E-state index in [2.05, 4.69) is 6.92 Å². The van der Waals surface area contributed by atoms with Gasteiger partial charge in [0.05, 0.1) is 6.61 Å². The maximum absolute atomic E-state index is 11.9. The maximum atomic E-state index is 11.9. The predicted molar refractivity (Wildman–Crippen MR) is 64.4 cm³/mol. The van der Waals surface area contributed by atoms with E-state index < -0.39 is 0 Å². The van der Waals surface area contributed by atoms with E-state index in [4.69, 9.17) is 10.5 Å². The van der Waals surface area contributed by atoms with Gasteiger partial charge < -0.3 is 15.0 Å². The molecule has 0 aliphatic rings. The molecule has 0 atom stereocenters. The van der Waals surface area contributed by atoms with Crippen LogP contribution in [0.3, 0.4) is 0 Å². The Balaban J connectivity index is 2.74. The summed E-state index contributed by atoms with van der Waals surface area (Å²) in [5, 5.41) is 0. The molecule has 0 bridgehead atoms. The summed E-state index contributed by atoms with van der Waals surface area (Å²) >= 11 is 0. The molecule has 0 aromatic carbocycles. The van der Waals surface area contributed by atoms with Crippen molar-refractivity contribution < 1.29 is 4.74 Å². The van der Waals surface area contributed by atoms with E-state index in [1.807, 2.05) is 13.0 Å². The van der Waals surface area contributed by atoms with Crippen molar-refractivity contribution in [1.29, 1.82) is 0 Å². The number of nitrogens with two attached hydrogens (primary N) is 1. The Morgan fingerprint density at radius 2 is 2.12 bits per heavy atom. The van der Waals surface area contributed by atoms with Crippen LogP contribution in [0.4, 0.5) is 0 Å². The van der Waals surface area contributed by atoms with Crippen LogP contribution < -0.4 is 11.3 Å². The number of ether oxygens (including phenoxy) is 1. The molecule has 0 saturated carbocycles. The molecule has 1 aromatic rings. The standard InChI is InChI=1S/C12H20N2O2/c1-3-7-16-8-6-14-10(2)4-5-11(9-13)12(14)15/h4-5H,3,6-9,13H2,1-2H3. The second-order valence-corrected chi connectivity index (χ2v) is 3.77. The van der Waals surface area contributed by atoms with E-state index >= 15 is 0 Å². The number of aromatic nitrogens is 1. The topological polar surface area (TPSA) is 57.2 Å². The summed E-state index contributed by atoms with van der Waals surface area (Å²) in [6, 6.07) is 3.71. The minimum Gasteiger partial charge on any atom is -0.380 e. The second kappa shape index (κ2) is 6.45. The molecule has 2 N–H and O–H groups in total. The molecule has 4 heteroatoms. The smallest absolute Gasteiger partial charge is 0.255 e. The Morgan fingerprint density at radius 3 is 2.75 bits per heavy atom. The van der Waals surface area contributed by atoms with Gasteiger partial charge in [-0.2, -0.15) is 0 Å². The number of pyridine rings is 1. The van der Waals surface area contributed by atoms with Crippen molar-refractivity contribution in [3.8, 4) is 0 Å². The minimum atomic E-state index is 0.00241. The van der Waals surface area contributed by atoms with Crippen LogP contribution in [-0.2, 0) is 17.8 Å². The molecule has 1 heterocycles. The van der Waals surface area contributed by atoms with Crippen LogP contribution >= 0.6 is 0 Å². The van der Waals surface area contributed by atoms with Gasteiger partial charge in [-0.3, -0.25) is 4.79 Å². The zero-order valence-corrected chi connectivity index (χ0v) is 10.0. The first-order chi connectivity index (χ1) is 7.70. The summed E-state index contributed by atoms with van der Waals surface area (Å²) in [6.45, 7) is 6.18. The maximum Gasteiger partial charge on any atom is 0.255 e. The van der Waals surface area contributed by atoms with E-state index in [1.54, 1.807) is 10.6 Å². The lowest BCUT2D eigenvalue weighted by atomic mass is 10.2. The molecule has 0 aliphatic carbocycles. The van der Waals surface area contributed by atoms with Gasteiger partial charge in [-0.05, 0) is 19.4 Å². The van der Waals surface area contributed by atoms with Crippen molar-refractivity contribution in [3.05, 3.63) is 33.7 Å². The lowest BCUT2D eigenvalue weighted by molar-refractivity contribution is 0.125. The molecular formula is C12H20N2O2. The van der Waals surface area contributed by atoms with Crippen LogP contribution in [0.2, 0.25) is 0 Å². The minimum absolute atomic E-state index is 0.00241. The van der Waals surface area contributed by atoms with Crippen LogP contribution in [0.5, 0.6) is 0 Å². The summed E-state index contributed by atoms with van der Waals surface area (Å²) < 4.78 is 7.10. The number of rotatable bonds is 6. The quantitative estimate of drug-likeness (QED) is 0.735. The summed E-state index contributed by atoms with van der Waals surface area (Å²) in [5.41, 5.74) is 7.10.